The van der Waals surface area contributed by atoms with Crippen molar-refractivity contribution in [1.82, 2.24) is 4.31 Å². The number of carbonyl (C=O) groups excluding carboxylic acids is 1. The molecule has 1 N–H and O–H groups in total. The van der Waals surface area contributed by atoms with Crippen LogP contribution in [0.1, 0.15) is 0 Å². The van der Waals surface area contributed by atoms with Gasteiger partial charge in [0.05, 0.1) is 11.4 Å². The van der Waals surface area contributed by atoms with Crippen molar-refractivity contribution in [2.75, 3.05) is 18.9 Å². The van der Waals surface area contributed by atoms with Gasteiger partial charge in [0.25, 0.3) is 0 Å². The van der Waals surface area contributed by atoms with E-state index in [4.69, 9.17) is 0 Å². The third-order valence-electron chi connectivity index (χ3n) is 3.00. The molecule has 0 atom stereocenters. The molecule has 0 unspecified atom stereocenters. The van der Waals surface area contributed by atoms with Crippen LogP contribution in [0.15, 0.2) is 53.4 Å². The van der Waals surface area contributed by atoms with E-state index in [0.29, 0.717) is 5.69 Å². The zero-order valence-electron chi connectivity index (χ0n) is 12.2. The summed E-state index contributed by atoms with van der Waals surface area (Å²) >= 11 is 2.11. The van der Waals surface area contributed by atoms with Crippen LogP contribution in [0.25, 0.3) is 0 Å². The Kier molecular flexibility index (Phi) is 5.71. The number of halogens is 2. The fourth-order valence-corrected chi connectivity index (χ4v) is 3.51. The lowest BCUT2D eigenvalue weighted by molar-refractivity contribution is -0.116. The molecule has 5 nitrogen and oxygen atoms in total. The summed E-state index contributed by atoms with van der Waals surface area (Å²) in [5.74, 6) is -0.983. The van der Waals surface area contributed by atoms with Crippen LogP contribution in [-0.2, 0) is 14.8 Å². The zero-order chi connectivity index (χ0) is 17.0. The molecule has 8 heteroatoms. The van der Waals surface area contributed by atoms with Gasteiger partial charge in [0.15, 0.2) is 0 Å². The van der Waals surface area contributed by atoms with Gasteiger partial charge in [-0.3, -0.25) is 4.79 Å². The van der Waals surface area contributed by atoms with Crippen molar-refractivity contribution in [3.63, 3.8) is 0 Å². The van der Waals surface area contributed by atoms with E-state index in [1.165, 1.54) is 19.2 Å². The van der Waals surface area contributed by atoms with Crippen LogP contribution >= 0.6 is 22.6 Å². The molecule has 122 valence electrons. The van der Waals surface area contributed by atoms with Gasteiger partial charge in [0.2, 0.25) is 15.9 Å². The van der Waals surface area contributed by atoms with E-state index >= 15 is 0 Å². The largest absolute Gasteiger partial charge is 0.325 e. The van der Waals surface area contributed by atoms with Gasteiger partial charge in [-0.05, 0) is 65.1 Å². The van der Waals surface area contributed by atoms with Crippen molar-refractivity contribution in [3.8, 4) is 0 Å². The molecule has 0 aliphatic carbocycles. The molecule has 0 saturated carbocycles. The number of nitrogens with one attached hydrogen (secondary N) is 1. The van der Waals surface area contributed by atoms with E-state index in [2.05, 4.69) is 27.9 Å². The summed E-state index contributed by atoms with van der Waals surface area (Å²) in [5.41, 5.74) is 0.592. The number of anilines is 1. The summed E-state index contributed by atoms with van der Waals surface area (Å²) in [6.07, 6.45) is 0. The summed E-state index contributed by atoms with van der Waals surface area (Å²) in [6.45, 7) is -0.342. The Morgan fingerprint density at radius 2 is 1.87 bits per heavy atom. The second kappa shape index (κ2) is 7.37. The molecule has 23 heavy (non-hydrogen) atoms. The molecular weight excluding hydrogens is 434 g/mol. The number of amides is 1. The quantitative estimate of drug-likeness (QED) is 0.716. The number of nitrogens with zero attached hydrogens (tertiary/aromatic N) is 1. The Hall–Kier alpha value is -1.52. The van der Waals surface area contributed by atoms with Crippen LogP contribution in [-0.4, -0.2) is 32.2 Å². The summed E-state index contributed by atoms with van der Waals surface area (Å²) in [4.78, 5) is 11.9. The minimum Gasteiger partial charge on any atom is -0.325 e. The van der Waals surface area contributed by atoms with Gasteiger partial charge in [-0.2, -0.15) is 4.31 Å². The molecule has 1 amide bonds. The summed E-state index contributed by atoms with van der Waals surface area (Å²) in [7, 11) is -2.55. The number of sulfonamides is 1. The number of rotatable bonds is 5. The smallest absolute Gasteiger partial charge is 0.243 e. The monoisotopic (exact) mass is 448 g/mol. The van der Waals surface area contributed by atoms with E-state index in [1.54, 1.807) is 18.2 Å². The lowest BCUT2D eigenvalue weighted by Crippen LogP contribution is -2.35. The molecule has 0 aliphatic rings. The molecule has 0 radical (unpaired) electrons. The molecular formula is C15H14FIN2O3S. The maximum atomic E-state index is 12.9. The fourth-order valence-electron chi connectivity index (χ4n) is 1.84. The first-order valence-electron chi connectivity index (χ1n) is 6.56. The Morgan fingerprint density at radius 3 is 2.48 bits per heavy atom. The standard InChI is InChI=1S/C15H14FIN2O3S/c1-19(23(21,22)14-7-5-11(16)6-8-14)10-15(20)18-13-4-2-3-12(17)9-13/h2-9H,10H2,1H3,(H,18,20). The molecule has 0 bridgehead atoms. The number of carbonyl (C=O) groups is 1. The molecule has 0 spiro atoms. The highest BCUT2D eigenvalue weighted by Crippen LogP contribution is 2.16. The lowest BCUT2D eigenvalue weighted by atomic mass is 10.3. The van der Waals surface area contributed by atoms with Crippen LogP contribution < -0.4 is 5.32 Å². The van der Waals surface area contributed by atoms with Crippen LogP contribution in [0, 0.1) is 9.39 Å². The maximum absolute atomic E-state index is 12.9. The Morgan fingerprint density at radius 1 is 1.22 bits per heavy atom. The van der Waals surface area contributed by atoms with Gasteiger partial charge in [-0.25, -0.2) is 12.8 Å². The van der Waals surface area contributed by atoms with Crippen molar-refractivity contribution in [1.29, 1.82) is 0 Å². The average molecular weight is 448 g/mol. The number of hydrogen-bond acceptors (Lipinski definition) is 3. The molecule has 0 heterocycles. The van der Waals surface area contributed by atoms with E-state index in [-0.39, 0.29) is 11.4 Å². The third-order valence-corrected chi connectivity index (χ3v) is 5.49. The second-order valence-corrected chi connectivity index (χ2v) is 8.06. The number of hydrogen-bond donors (Lipinski definition) is 1. The average Bonchev–Trinajstić information content (AvgIpc) is 2.47. The molecule has 0 aliphatic heterocycles. The third kappa shape index (κ3) is 4.72. The van der Waals surface area contributed by atoms with Crippen LogP contribution in [0.2, 0.25) is 0 Å². The molecule has 2 rings (SSSR count). The van der Waals surface area contributed by atoms with Crippen molar-refractivity contribution in [3.05, 3.63) is 57.9 Å². The Bertz CT molecular complexity index is 810. The van der Waals surface area contributed by atoms with Crippen LogP contribution in [0.3, 0.4) is 0 Å². The van der Waals surface area contributed by atoms with Crippen molar-refractivity contribution >= 4 is 44.2 Å². The lowest BCUT2D eigenvalue weighted by Gasteiger charge is -2.17. The molecule has 0 aromatic heterocycles. The predicted molar refractivity (Wildman–Crippen MR) is 94.0 cm³/mol. The highest BCUT2D eigenvalue weighted by Gasteiger charge is 2.23. The number of likely N-dealkylation sites (N-methyl/N-ethyl adjacent to an activating group) is 1. The minimum atomic E-state index is -3.85. The van der Waals surface area contributed by atoms with Crippen molar-refractivity contribution < 1.29 is 17.6 Å². The molecule has 2 aromatic carbocycles. The predicted octanol–water partition coefficient (Wildman–Crippen LogP) is 2.69. The van der Waals surface area contributed by atoms with E-state index in [1.807, 2.05) is 6.07 Å². The zero-order valence-corrected chi connectivity index (χ0v) is 15.1. The second-order valence-electron chi connectivity index (χ2n) is 4.77. The van der Waals surface area contributed by atoms with Gasteiger partial charge < -0.3 is 5.32 Å². The fraction of sp³-hybridized carbons (Fsp3) is 0.133. The van der Waals surface area contributed by atoms with E-state index < -0.39 is 21.7 Å². The topological polar surface area (TPSA) is 66.5 Å². The minimum absolute atomic E-state index is 0.0662. The van der Waals surface area contributed by atoms with Gasteiger partial charge in [0, 0.05) is 16.3 Å². The Labute approximate surface area is 147 Å². The first kappa shape index (κ1) is 17.8. The molecule has 0 fully saturated rings. The van der Waals surface area contributed by atoms with Gasteiger partial charge in [-0.1, -0.05) is 6.07 Å². The molecule has 0 saturated heterocycles. The normalized spacial score (nSPS) is 11.5. The van der Waals surface area contributed by atoms with Crippen LogP contribution in [0.5, 0.6) is 0 Å². The first-order valence-corrected chi connectivity index (χ1v) is 9.08. The van der Waals surface area contributed by atoms with Gasteiger partial charge >= 0.3 is 0 Å². The summed E-state index contributed by atoms with van der Waals surface area (Å²) in [6, 6.07) is 11.6. The number of benzene rings is 2. The summed E-state index contributed by atoms with van der Waals surface area (Å²) < 4.78 is 39.4. The van der Waals surface area contributed by atoms with E-state index in [9.17, 15) is 17.6 Å². The van der Waals surface area contributed by atoms with E-state index in [0.717, 1.165) is 20.0 Å². The van der Waals surface area contributed by atoms with Crippen molar-refractivity contribution in [2.24, 2.45) is 0 Å². The van der Waals surface area contributed by atoms with Gasteiger partial charge in [-0.15, -0.1) is 0 Å². The maximum Gasteiger partial charge on any atom is 0.243 e. The highest BCUT2D eigenvalue weighted by molar-refractivity contribution is 14.1. The van der Waals surface area contributed by atoms with Crippen molar-refractivity contribution in [2.45, 2.75) is 4.90 Å². The highest BCUT2D eigenvalue weighted by atomic mass is 127. The SMILES string of the molecule is CN(CC(=O)Nc1cccc(I)c1)S(=O)(=O)c1ccc(F)cc1. The first-order chi connectivity index (χ1) is 10.8. The summed E-state index contributed by atoms with van der Waals surface area (Å²) in [5, 5.41) is 2.64. The van der Waals surface area contributed by atoms with Gasteiger partial charge in [0.1, 0.15) is 5.82 Å². The van der Waals surface area contributed by atoms with Crippen LogP contribution in [0.4, 0.5) is 10.1 Å². The molecule has 2 aromatic rings. The Balaban J connectivity index is 2.06.